The molecule has 0 atom stereocenters. The largest absolute Gasteiger partial charge is 0.444 e. The minimum absolute atomic E-state index is 0.395. The lowest BCUT2D eigenvalue weighted by Crippen LogP contribution is -2.48. The Kier molecular flexibility index (Phi) is 5.62. The first kappa shape index (κ1) is 19.8. The topological polar surface area (TPSA) is 79.9 Å². The normalized spacial score (nSPS) is 11.7. The van der Waals surface area contributed by atoms with E-state index in [2.05, 4.69) is 10.4 Å². The van der Waals surface area contributed by atoms with Crippen LogP contribution in [-0.2, 0) is 11.3 Å². The molecule has 1 N–H and O–H groups in total. The molecule has 1 heterocycles. The third-order valence-corrected chi connectivity index (χ3v) is 3.74. The van der Waals surface area contributed by atoms with Crippen LogP contribution in [-0.4, -0.2) is 27.0 Å². The van der Waals surface area contributed by atoms with Crippen molar-refractivity contribution in [1.82, 2.24) is 15.1 Å². The van der Waals surface area contributed by atoms with Gasteiger partial charge in [0.2, 0.25) is 0 Å². The van der Waals surface area contributed by atoms with Crippen molar-refractivity contribution in [2.24, 2.45) is 0 Å². The van der Waals surface area contributed by atoms with Gasteiger partial charge in [-0.05, 0) is 52.8 Å². The van der Waals surface area contributed by atoms with Gasteiger partial charge >= 0.3 is 6.09 Å². The van der Waals surface area contributed by atoms with Crippen molar-refractivity contribution in [2.45, 2.75) is 52.3 Å². The SMILES string of the molecule is CC(C)(Cn1ccc(-c2ccc(C#N)c(Cl)c2)n1)NC(=O)OC(C)(C)C. The fraction of sp³-hybridized carbons (Fsp3) is 0.421. The molecule has 0 aliphatic rings. The summed E-state index contributed by atoms with van der Waals surface area (Å²) in [5.41, 5.74) is 0.898. The van der Waals surface area contributed by atoms with Crippen molar-refractivity contribution in [3.63, 3.8) is 0 Å². The van der Waals surface area contributed by atoms with Gasteiger partial charge in [0, 0.05) is 11.8 Å². The highest BCUT2D eigenvalue weighted by atomic mass is 35.5. The van der Waals surface area contributed by atoms with Crippen molar-refractivity contribution >= 4 is 17.7 Å². The van der Waals surface area contributed by atoms with Crippen LogP contribution in [0.4, 0.5) is 4.79 Å². The molecule has 0 aliphatic carbocycles. The molecule has 26 heavy (non-hydrogen) atoms. The van der Waals surface area contributed by atoms with Crippen molar-refractivity contribution < 1.29 is 9.53 Å². The van der Waals surface area contributed by atoms with Crippen molar-refractivity contribution in [3.8, 4) is 17.3 Å². The predicted octanol–water partition coefficient (Wildman–Crippen LogP) is 4.38. The molecule has 138 valence electrons. The Morgan fingerprint density at radius 1 is 1.31 bits per heavy atom. The van der Waals surface area contributed by atoms with Crippen LogP contribution in [0.1, 0.15) is 40.2 Å². The average Bonchev–Trinajstić information content (AvgIpc) is 2.91. The maximum absolute atomic E-state index is 12.0. The van der Waals surface area contributed by atoms with Crippen molar-refractivity contribution in [3.05, 3.63) is 41.0 Å². The van der Waals surface area contributed by atoms with E-state index in [9.17, 15) is 4.79 Å². The second-order valence-electron chi connectivity index (χ2n) is 7.72. The summed E-state index contributed by atoms with van der Waals surface area (Å²) in [5, 5.41) is 16.7. The molecule has 0 fully saturated rings. The van der Waals surface area contributed by atoms with Gasteiger partial charge < -0.3 is 10.1 Å². The number of carbonyl (C=O) groups excluding carboxylic acids is 1. The standard InChI is InChI=1S/C19H23ClN4O2/c1-18(2,3)26-17(25)22-19(4,5)12-24-9-8-16(23-24)13-6-7-14(11-21)15(20)10-13/h6-10H,12H2,1-5H3,(H,22,25). The molecule has 7 heteroatoms. The lowest BCUT2D eigenvalue weighted by molar-refractivity contribution is 0.0462. The zero-order valence-corrected chi connectivity index (χ0v) is 16.4. The van der Waals surface area contributed by atoms with Gasteiger partial charge in [-0.25, -0.2) is 4.79 Å². The maximum atomic E-state index is 12.0. The van der Waals surface area contributed by atoms with Crippen molar-refractivity contribution in [2.75, 3.05) is 0 Å². The van der Waals surface area contributed by atoms with Gasteiger partial charge in [0.1, 0.15) is 11.7 Å². The minimum Gasteiger partial charge on any atom is -0.444 e. The molecule has 1 aromatic carbocycles. The average molecular weight is 375 g/mol. The number of hydrogen-bond acceptors (Lipinski definition) is 4. The van der Waals surface area contributed by atoms with Crippen LogP contribution >= 0.6 is 11.6 Å². The van der Waals surface area contributed by atoms with E-state index in [4.69, 9.17) is 21.6 Å². The summed E-state index contributed by atoms with van der Waals surface area (Å²) in [6, 6.07) is 9.09. The molecular formula is C19H23ClN4O2. The number of amides is 1. The van der Waals surface area contributed by atoms with E-state index in [1.54, 1.807) is 22.9 Å². The number of alkyl carbamates (subject to hydrolysis) is 1. The monoisotopic (exact) mass is 374 g/mol. The molecule has 2 aromatic rings. The Labute approximate surface area is 158 Å². The molecule has 0 bridgehead atoms. The van der Waals surface area contributed by atoms with Gasteiger partial charge in [-0.2, -0.15) is 10.4 Å². The van der Waals surface area contributed by atoms with Crippen molar-refractivity contribution in [1.29, 1.82) is 5.26 Å². The summed E-state index contributed by atoms with van der Waals surface area (Å²) < 4.78 is 7.05. The zero-order chi connectivity index (χ0) is 19.5. The zero-order valence-electron chi connectivity index (χ0n) is 15.6. The maximum Gasteiger partial charge on any atom is 0.408 e. The quantitative estimate of drug-likeness (QED) is 0.861. The number of benzene rings is 1. The summed E-state index contributed by atoms with van der Waals surface area (Å²) in [5.74, 6) is 0. The molecule has 0 unspecified atom stereocenters. The molecule has 0 aliphatic heterocycles. The molecule has 1 amide bonds. The molecule has 6 nitrogen and oxygen atoms in total. The number of nitriles is 1. The summed E-state index contributed by atoms with van der Waals surface area (Å²) in [7, 11) is 0. The minimum atomic E-state index is -0.548. The van der Waals surface area contributed by atoms with Gasteiger partial charge in [0.15, 0.2) is 0 Å². The molecule has 0 saturated carbocycles. The van der Waals surface area contributed by atoms with Crippen LogP contribution in [0, 0.1) is 11.3 Å². The number of aromatic nitrogens is 2. The van der Waals surface area contributed by atoms with Gasteiger partial charge in [0.05, 0.1) is 28.4 Å². The fourth-order valence-corrected chi connectivity index (χ4v) is 2.62. The molecule has 2 rings (SSSR count). The highest BCUT2D eigenvalue weighted by Crippen LogP contribution is 2.24. The lowest BCUT2D eigenvalue weighted by Gasteiger charge is -2.28. The van der Waals surface area contributed by atoms with Crippen LogP contribution in [0.5, 0.6) is 0 Å². The van der Waals surface area contributed by atoms with E-state index in [0.29, 0.717) is 17.1 Å². The summed E-state index contributed by atoms with van der Waals surface area (Å²) >= 11 is 6.08. The molecule has 0 radical (unpaired) electrons. The van der Waals surface area contributed by atoms with Gasteiger partial charge in [-0.3, -0.25) is 4.68 Å². The molecule has 0 saturated heterocycles. The Hall–Kier alpha value is -2.52. The molecular weight excluding hydrogens is 352 g/mol. The third-order valence-electron chi connectivity index (χ3n) is 3.42. The van der Waals surface area contributed by atoms with E-state index in [1.807, 2.05) is 53.0 Å². The Morgan fingerprint density at radius 3 is 2.58 bits per heavy atom. The van der Waals surface area contributed by atoms with E-state index in [0.717, 1.165) is 11.3 Å². The predicted molar refractivity (Wildman–Crippen MR) is 101 cm³/mol. The van der Waals surface area contributed by atoms with E-state index < -0.39 is 17.2 Å². The first-order chi connectivity index (χ1) is 12.0. The van der Waals surface area contributed by atoms with Crippen LogP contribution in [0.3, 0.4) is 0 Å². The Balaban J connectivity index is 2.08. The second kappa shape index (κ2) is 7.38. The summed E-state index contributed by atoms with van der Waals surface area (Å²) in [6.45, 7) is 9.73. The number of ether oxygens (including phenoxy) is 1. The highest BCUT2D eigenvalue weighted by molar-refractivity contribution is 6.32. The van der Waals surface area contributed by atoms with Crippen LogP contribution < -0.4 is 5.32 Å². The van der Waals surface area contributed by atoms with E-state index in [-0.39, 0.29) is 0 Å². The van der Waals surface area contributed by atoms with Crippen LogP contribution in [0.25, 0.3) is 11.3 Å². The smallest absolute Gasteiger partial charge is 0.408 e. The van der Waals surface area contributed by atoms with Crippen LogP contribution in [0.15, 0.2) is 30.5 Å². The number of carbonyl (C=O) groups is 1. The van der Waals surface area contributed by atoms with Gasteiger partial charge in [0.25, 0.3) is 0 Å². The number of halogens is 1. The Morgan fingerprint density at radius 2 is 2.00 bits per heavy atom. The van der Waals surface area contributed by atoms with Crippen LogP contribution in [0.2, 0.25) is 5.02 Å². The summed E-state index contributed by atoms with van der Waals surface area (Å²) in [6.07, 6.45) is 1.37. The Bertz CT molecular complexity index is 844. The molecule has 0 spiro atoms. The first-order valence-corrected chi connectivity index (χ1v) is 8.61. The highest BCUT2D eigenvalue weighted by Gasteiger charge is 2.25. The van der Waals surface area contributed by atoms with E-state index in [1.165, 1.54) is 0 Å². The second-order valence-corrected chi connectivity index (χ2v) is 8.12. The number of nitrogens with one attached hydrogen (secondary N) is 1. The number of rotatable bonds is 4. The van der Waals surface area contributed by atoms with Gasteiger partial charge in [-0.15, -0.1) is 0 Å². The third kappa shape index (κ3) is 5.50. The lowest BCUT2D eigenvalue weighted by atomic mass is 10.1. The number of hydrogen-bond donors (Lipinski definition) is 1. The fourth-order valence-electron chi connectivity index (χ4n) is 2.39. The van der Waals surface area contributed by atoms with Gasteiger partial charge in [-0.1, -0.05) is 17.7 Å². The van der Waals surface area contributed by atoms with E-state index >= 15 is 0 Å². The first-order valence-electron chi connectivity index (χ1n) is 8.24. The number of nitrogens with zero attached hydrogens (tertiary/aromatic N) is 3. The summed E-state index contributed by atoms with van der Waals surface area (Å²) in [4.78, 5) is 12.0. The molecule has 1 aromatic heterocycles.